The van der Waals surface area contributed by atoms with E-state index in [9.17, 15) is 4.79 Å². The van der Waals surface area contributed by atoms with Crippen molar-refractivity contribution in [2.75, 3.05) is 6.54 Å². The lowest BCUT2D eigenvalue weighted by molar-refractivity contribution is 0.00947. The Balaban J connectivity index is 2.19. The molecule has 0 spiro atoms. The maximum Gasteiger partial charge on any atom is 0.410 e. The van der Waals surface area contributed by atoms with E-state index >= 15 is 0 Å². The largest absolute Gasteiger partial charge is 0.444 e. The van der Waals surface area contributed by atoms with E-state index in [2.05, 4.69) is 20.9 Å². The summed E-state index contributed by atoms with van der Waals surface area (Å²) in [5.41, 5.74) is 0.596. The van der Waals surface area contributed by atoms with Crippen LogP contribution in [-0.2, 0) is 4.74 Å². The second-order valence-corrected chi connectivity index (χ2v) is 7.04. The molecule has 0 aliphatic carbocycles. The van der Waals surface area contributed by atoms with E-state index in [0.717, 1.165) is 35.8 Å². The lowest BCUT2D eigenvalue weighted by Gasteiger charge is -2.36. The van der Waals surface area contributed by atoms with E-state index < -0.39 is 5.60 Å². The van der Waals surface area contributed by atoms with Gasteiger partial charge in [-0.25, -0.2) is 4.79 Å². The van der Waals surface area contributed by atoms with Crippen molar-refractivity contribution in [3.05, 3.63) is 28.5 Å². The third kappa shape index (κ3) is 3.95. The molecule has 0 aromatic carbocycles. The Kier molecular flexibility index (Phi) is 4.68. The van der Waals surface area contributed by atoms with Gasteiger partial charge in [0.05, 0.1) is 6.04 Å². The summed E-state index contributed by atoms with van der Waals surface area (Å²) >= 11 is 3.44. The molecule has 0 radical (unpaired) electrons. The Bertz CT molecular complexity index is 485. The maximum atomic E-state index is 12.4. The molecule has 1 atom stereocenters. The van der Waals surface area contributed by atoms with Gasteiger partial charge in [-0.1, -0.05) is 0 Å². The summed E-state index contributed by atoms with van der Waals surface area (Å²) in [6.45, 7) is 6.42. The summed E-state index contributed by atoms with van der Waals surface area (Å²) in [6.07, 6.45) is 6.45. The van der Waals surface area contributed by atoms with Crippen LogP contribution < -0.4 is 0 Å². The second-order valence-electron chi connectivity index (χ2n) is 6.12. The number of amides is 1. The van der Waals surface area contributed by atoms with Crippen LogP contribution in [0.5, 0.6) is 0 Å². The van der Waals surface area contributed by atoms with Crippen molar-refractivity contribution in [1.29, 1.82) is 0 Å². The number of hydrogen-bond acceptors (Lipinski definition) is 3. The fraction of sp³-hybridized carbons (Fsp3) is 0.600. The van der Waals surface area contributed by atoms with Crippen molar-refractivity contribution in [3.63, 3.8) is 0 Å². The molecule has 1 aromatic rings. The van der Waals surface area contributed by atoms with Gasteiger partial charge in [-0.15, -0.1) is 0 Å². The van der Waals surface area contributed by atoms with Crippen LogP contribution >= 0.6 is 15.9 Å². The second kappa shape index (κ2) is 6.12. The average molecular weight is 341 g/mol. The van der Waals surface area contributed by atoms with Crippen LogP contribution in [-0.4, -0.2) is 28.1 Å². The molecule has 2 rings (SSSR count). The zero-order valence-corrected chi connectivity index (χ0v) is 13.8. The van der Waals surface area contributed by atoms with Crippen molar-refractivity contribution in [2.45, 2.75) is 51.7 Å². The molecule has 110 valence electrons. The molecule has 1 aliphatic heterocycles. The number of rotatable bonds is 1. The number of hydrogen-bond donors (Lipinski definition) is 0. The number of ether oxygens (including phenoxy) is 1. The lowest BCUT2D eigenvalue weighted by Crippen LogP contribution is -2.41. The first-order chi connectivity index (χ1) is 9.37. The lowest BCUT2D eigenvalue weighted by atomic mass is 9.97. The first kappa shape index (κ1) is 15.3. The molecule has 4 nitrogen and oxygen atoms in total. The van der Waals surface area contributed by atoms with E-state index in [1.807, 2.05) is 37.9 Å². The molecule has 1 fully saturated rings. The van der Waals surface area contributed by atoms with Gasteiger partial charge in [0.15, 0.2) is 0 Å². The highest BCUT2D eigenvalue weighted by atomic mass is 79.9. The molecule has 0 saturated carbocycles. The van der Waals surface area contributed by atoms with E-state index in [0.29, 0.717) is 0 Å². The SMILES string of the molecule is CC(C)(C)OC(=O)N1CCCC[C@H]1c1cncc(Br)c1. The third-order valence-electron chi connectivity index (χ3n) is 3.24. The Morgan fingerprint density at radius 3 is 2.80 bits per heavy atom. The van der Waals surface area contributed by atoms with E-state index in [1.165, 1.54) is 0 Å². The van der Waals surface area contributed by atoms with Gasteiger partial charge in [0.1, 0.15) is 5.60 Å². The number of halogens is 1. The molecule has 2 heterocycles. The van der Waals surface area contributed by atoms with Gasteiger partial charge in [0.2, 0.25) is 0 Å². The van der Waals surface area contributed by atoms with Gasteiger partial charge >= 0.3 is 6.09 Å². The van der Waals surface area contributed by atoms with Crippen LogP contribution in [0.15, 0.2) is 22.9 Å². The molecule has 1 saturated heterocycles. The first-order valence-corrected chi connectivity index (χ1v) is 7.76. The van der Waals surface area contributed by atoms with Gasteiger partial charge in [0, 0.05) is 23.4 Å². The number of aromatic nitrogens is 1. The Morgan fingerprint density at radius 2 is 2.15 bits per heavy atom. The number of piperidine rings is 1. The summed E-state index contributed by atoms with van der Waals surface area (Å²) in [5, 5.41) is 0. The van der Waals surface area contributed by atoms with Crippen molar-refractivity contribution in [2.24, 2.45) is 0 Å². The highest BCUT2D eigenvalue weighted by Gasteiger charge is 2.31. The number of carbonyl (C=O) groups excluding carboxylic acids is 1. The molecule has 1 amide bonds. The minimum atomic E-state index is -0.464. The van der Waals surface area contributed by atoms with Gasteiger partial charge < -0.3 is 9.64 Å². The number of nitrogens with zero attached hydrogens (tertiary/aromatic N) is 2. The predicted molar refractivity (Wildman–Crippen MR) is 81.5 cm³/mol. The standard InChI is InChI=1S/C15H21BrN2O2/c1-15(2,3)20-14(19)18-7-5-4-6-13(18)11-8-12(16)10-17-9-11/h8-10,13H,4-7H2,1-3H3/t13-/m0/s1. The topological polar surface area (TPSA) is 42.4 Å². The predicted octanol–water partition coefficient (Wildman–Crippen LogP) is 4.31. The molecule has 0 unspecified atom stereocenters. The van der Waals surface area contributed by atoms with Crippen molar-refractivity contribution < 1.29 is 9.53 Å². The minimum Gasteiger partial charge on any atom is -0.444 e. The summed E-state index contributed by atoms with van der Waals surface area (Å²) < 4.78 is 6.45. The normalized spacial score (nSPS) is 19.8. The minimum absolute atomic E-state index is 0.0589. The molecule has 0 N–H and O–H groups in total. The Labute approximate surface area is 128 Å². The third-order valence-corrected chi connectivity index (χ3v) is 3.68. The highest BCUT2D eigenvalue weighted by Crippen LogP contribution is 2.32. The molecule has 1 aromatic heterocycles. The van der Waals surface area contributed by atoms with Crippen molar-refractivity contribution in [3.8, 4) is 0 Å². The highest BCUT2D eigenvalue weighted by molar-refractivity contribution is 9.10. The Morgan fingerprint density at radius 1 is 1.40 bits per heavy atom. The molecule has 20 heavy (non-hydrogen) atoms. The van der Waals surface area contributed by atoms with E-state index in [4.69, 9.17) is 4.74 Å². The number of likely N-dealkylation sites (tertiary alicyclic amines) is 1. The zero-order valence-electron chi connectivity index (χ0n) is 12.2. The fourth-order valence-electron chi connectivity index (χ4n) is 2.43. The van der Waals surface area contributed by atoms with Gasteiger partial charge in [-0.05, 0) is 67.6 Å². The number of carbonyl (C=O) groups is 1. The van der Waals surface area contributed by atoms with Crippen LogP contribution in [0, 0.1) is 0 Å². The van der Waals surface area contributed by atoms with Crippen LogP contribution in [0.2, 0.25) is 0 Å². The van der Waals surface area contributed by atoms with Crippen molar-refractivity contribution >= 4 is 22.0 Å². The molecule has 1 aliphatic rings. The van der Waals surface area contributed by atoms with Gasteiger partial charge in [-0.2, -0.15) is 0 Å². The number of pyridine rings is 1. The zero-order chi connectivity index (χ0) is 14.8. The van der Waals surface area contributed by atoms with E-state index in [1.54, 1.807) is 6.20 Å². The maximum absolute atomic E-state index is 12.4. The van der Waals surface area contributed by atoms with Crippen LogP contribution in [0.1, 0.15) is 51.6 Å². The summed E-state index contributed by atoms with van der Waals surface area (Å²) in [4.78, 5) is 18.4. The van der Waals surface area contributed by atoms with Crippen LogP contribution in [0.25, 0.3) is 0 Å². The molecule has 5 heteroatoms. The average Bonchev–Trinajstić information content (AvgIpc) is 2.37. The van der Waals surface area contributed by atoms with Gasteiger partial charge in [0.25, 0.3) is 0 Å². The molecule has 0 bridgehead atoms. The smallest absolute Gasteiger partial charge is 0.410 e. The molecular weight excluding hydrogens is 320 g/mol. The summed E-state index contributed by atoms with van der Waals surface area (Å²) in [6, 6.07) is 2.09. The van der Waals surface area contributed by atoms with Crippen molar-refractivity contribution in [1.82, 2.24) is 9.88 Å². The molecular formula is C15H21BrN2O2. The fourth-order valence-corrected chi connectivity index (χ4v) is 2.81. The summed E-state index contributed by atoms with van der Waals surface area (Å²) in [7, 11) is 0. The van der Waals surface area contributed by atoms with Crippen LogP contribution in [0.3, 0.4) is 0 Å². The Hall–Kier alpha value is -1.10. The monoisotopic (exact) mass is 340 g/mol. The first-order valence-electron chi connectivity index (χ1n) is 6.97. The van der Waals surface area contributed by atoms with Gasteiger partial charge in [-0.3, -0.25) is 4.98 Å². The summed E-state index contributed by atoms with van der Waals surface area (Å²) in [5.74, 6) is 0. The van der Waals surface area contributed by atoms with Crippen LogP contribution in [0.4, 0.5) is 4.79 Å². The van der Waals surface area contributed by atoms with E-state index in [-0.39, 0.29) is 12.1 Å². The quantitative estimate of drug-likeness (QED) is 0.765.